The van der Waals surface area contributed by atoms with Gasteiger partial charge in [-0.2, -0.15) is 0 Å². The molecule has 3 aromatic rings. The summed E-state index contributed by atoms with van der Waals surface area (Å²) in [5.41, 5.74) is 0.314. The molecule has 0 N–H and O–H groups in total. The lowest BCUT2D eigenvalue weighted by Crippen LogP contribution is -2.25. The van der Waals surface area contributed by atoms with Crippen molar-refractivity contribution < 1.29 is 47.7 Å². The number of rotatable bonds is 23. The summed E-state index contributed by atoms with van der Waals surface area (Å²) in [4.78, 5) is 53.5. The Morgan fingerprint density at radius 3 is 1.51 bits per heavy atom. The van der Waals surface area contributed by atoms with Crippen LogP contribution in [0.3, 0.4) is 0 Å². The van der Waals surface area contributed by atoms with Crippen molar-refractivity contribution in [1.82, 2.24) is 0 Å². The monoisotopic (exact) mass is 733 g/mol. The van der Waals surface area contributed by atoms with Gasteiger partial charge >= 0.3 is 5.97 Å². The Bertz CT molecular complexity index is 1750. The maximum atomic E-state index is 14.8. The second-order valence-electron chi connectivity index (χ2n) is 12.8. The van der Waals surface area contributed by atoms with Gasteiger partial charge in [-0.25, -0.2) is 0 Å². The van der Waals surface area contributed by atoms with Crippen LogP contribution in [0.1, 0.15) is 136 Å². The molecule has 0 spiro atoms. The van der Waals surface area contributed by atoms with Crippen molar-refractivity contribution in [3.8, 4) is 34.5 Å². The van der Waals surface area contributed by atoms with E-state index in [4.69, 9.17) is 28.4 Å². The van der Waals surface area contributed by atoms with Gasteiger partial charge in [0, 0.05) is 29.7 Å². The smallest absolute Gasteiger partial charge is 0.311 e. The van der Waals surface area contributed by atoms with Crippen LogP contribution in [0.25, 0.3) is 0 Å². The fourth-order valence-electron chi connectivity index (χ4n) is 5.56. The minimum Gasteiger partial charge on any atom is -0.490 e. The zero-order valence-electron chi connectivity index (χ0n) is 31.5. The van der Waals surface area contributed by atoms with Gasteiger partial charge in [0.05, 0.1) is 42.5 Å². The molecule has 0 amide bonds. The number of ketones is 2. The highest BCUT2D eigenvalue weighted by Gasteiger charge is 2.41. The van der Waals surface area contributed by atoms with E-state index in [1.54, 1.807) is 12.1 Å². The van der Waals surface area contributed by atoms with E-state index in [9.17, 15) is 24.5 Å². The minimum absolute atomic E-state index is 0.00806. The summed E-state index contributed by atoms with van der Waals surface area (Å²) in [5, 5.41) is 11.3. The van der Waals surface area contributed by atoms with E-state index >= 15 is 0 Å². The minimum atomic E-state index is -0.588. The van der Waals surface area contributed by atoms with Crippen LogP contribution in [0.5, 0.6) is 34.5 Å². The molecule has 0 saturated heterocycles. The molecule has 12 nitrogen and oxygen atoms in total. The average Bonchev–Trinajstić information content (AvgIpc) is 3.14. The topological polar surface area (TPSA) is 150 Å². The molecule has 4 rings (SSSR count). The standard InChI is InChI=1S/C41H51NO11/c1-6-11-20-48-31-24-29-34(40(38(31)50-22-13-8-3)52-26-27-16-18-28(19-17-27)42(46)47)36(44)30-25-32(49-21-12-7-2)39(51-23-14-9-4)41(35(30)37(29)45)53-33(43)15-10-5/h16-19,24-25H,6-15,20-23,26H2,1-5H3. The Morgan fingerprint density at radius 2 is 1.06 bits per heavy atom. The van der Waals surface area contributed by atoms with Gasteiger partial charge in [0.2, 0.25) is 11.5 Å². The molecule has 0 atom stereocenters. The average molecular weight is 734 g/mol. The lowest BCUT2D eigenvalue weighted by atomic mass is 9.82. The number of unbranched alkanes of at least 4 members (excludes halogenated alkanes) is 4. The SMILES string of the molecule is CCCCOc1cc2c(c(OCc3ccc([N+](=O)[O-])cc3)c1OCCCC)C(=O)c1cc(OCCCC)c(OCCCC)c(OC(=O)CCC)c1C2=O. The number of nitro benzene ring substituents is 1. The molecule has 12 heteroatoms. The van der Waals surface area contributed by atoms with Gasteiger partial charge in [-0.3, -0.25) is 24.5 Å². The van der Waals surface area contributed by atoms with Crippen LogP contribution in [0.2, 0.25) is 0 Å². The van der Waals surface area contributed by atoms with Crippen molar-refractivity contribution in [3.63, 3.8) is 0 Å². The van der Waals surface area contributed by atoms with E-state index < -0.39 is 22.5 Å². The molecule has 0 aromatic heterocycles. The first kappa shape index (κ1) is 40.6. The molecule has 1 aliphatic carbocycles. The van der Waals surface area contributed by atoms with Crippen molar-refractivity contribution in [3.05, 3.63) is 74.3 Å². The van der Waals surface area contributed by atoms with Crippen molar-refractivity contribution >= 4 is 23.2 Å². The molecule has 0 fully saturated rings. The summed E-state index contributed by atoms with van der Waals surface area (Å²) in [7, 11) is 0. The summed E-state index contributed by atoms with van der Waals surface area (Å²) in [6, 6.07) is 8.82. The second-order valence-corrected chi connectivity index (χ2v) is 12.8. The molecule has 0 heterocycles. The highest BCUT2D eigenvalue weighted by atomic mass is 16.6. The van der Waals surface area contributed by atoms with Crippen LogP contribution < -0.4 is 28.4 Å². The van der Waals surface area contributed by atoms with Gasteiger partial charge in [0.1, 0.15) is 6.61 Å². The Morgan fingerprint density at radius 1 is 0.604 bits per heavy atom. The normalized spacial score (nSPS) is 11.8. The zero-order chi connectivity index (χ0) is 38.3. The van der Waals surface area contributed by atoms with E-state index in [1.165, 1.54) is 24.3 Å². The Kier molecular flexibility index (Phi) is 15.5. The summed E-state index contributed by atoms with van der Waals surface area (Å²) in [5.74, 6) is -1.21. The number of hydrogen-bond donors (Lipinski definition) is 0. The number of benzene rings is 3. The Hall–Kier alpha value is -5.13. The third-order valence-corrected chi connectivity index (χ3v) is 8.55. The number of nitro groups is 1. The number of non-ortho nitro benzene ring substituents is 1. The molecule has 1 aliphatic rings. The lowest BCUT2D eigenvalue weighted by Gasteiger charge is -2.27. The fourth-order valence-corrected chi connectivity index (χ4v) is 5.56. The summed E-state index contributed by atoms with van der Waals surface area (Å²) in [6.45, 7) is 11.0. The van der Waals surface area contributed by atoms with Crippen molar-refractivity contribution in [2.24, 2.45) is 0 Å². The van der Waals surface area contributed by atoms with Crippen LogP contribution in [-0.2, 0) is 11.4 Å². The molecule has 0 radical (unpaired) electrons. The van der Waals surface area contributed by atoms with E-state index in [0.717, 1.165) is 32.1 Å². The van der Waals surface area contributed by atoms with Crippen molar-refractivity contribution in [2.75, 3.05) is 26.4 Å². The van der Waals surface area contributed by atoms with E-state index in [-0.39, 0.29) is 88.7 Å². The fraction of sp³-hybridized carbons (Fsp3) is 0.488. The highest BCUT2D eigenvalue weighted by Crippen LogP contribution is 2.51. The quantitative estimate of drug-likeness (QED) is 0.0236. The third-order valence-electron chi connectivity index (χ3n) is 8.55. The summed E-state index contributed by atoms with van der Waals surface area (Å²) < 4.78 is 37.1. The van der Waals surface area contributed by atoms with Gasteiger partial charge in [0.15, 0.2) is 34.6 Å². The molecular weight excluding hydrogens is 682 g/mol. The van der Waals surface area contributed by atoms with Crippen molar-refractivity contribution in [2.45, 2.75) is 105 Å². The third kappa shape index (κ3) is 10.1. The van der Waals surface area contributed by atoms with Gasteiger partial charge in [-0.15, -0.1) is 0 Å². The molecular formula is C41H51NO11. The molecule has 0 bridgehead atoms. The highest BCUT2D eigenvalue weighted by molar-refractivity contribution is 6.31. The van der Waals surface area contributed by atoms with Crippen molar-refractivity contribution in [1.29, 1.82) is 0 Å². The van der Waals surface area contributed by atoms with Gasteiger partial charge in [0.25, 0.3) is 5.69 Å². The molecule has 0 aliphatic heterocycles. The maximum absolute atomic E-state index is 14.8. The first-order valence-electron chi connectivity index (χ1n) is 18.8. The van der Waals surface area contributed by atoms with E-state index in [1.807, 2.05) is 34.6 Å². The Balaban J connectivity index is 1.97. The van der Waals surface area contributed by atoms with Crippen LogP contribution >= 0.6 is 0 Å². The number of carbonyl (C=O) groups is 3. The number of esters is 1. The van der Waals surface area contributed by atoms with E-state index in [2.05, 4.69) is 0 Å². The lowest BCUT2D eigenvalue weighted by molar-refractivity contribution is -0.384. The van der Waals surface area contributed by atoms with Gasteiger partial charge < -0.3 is 28.4 Å². The predicted molar refractivity (Wildman–Crippen MR) is 199 cm³/mol. The molecule has 3 aromatic carbocycles. The zero-order valence-corrected chi connectivity index (χ0v) is 31.5. The molecule has 286 valence electrons. The second kappa shape index (κ2) is 20.2. The number of carbonyl (C=O) groups excluding carboxylic acids is 3. The van der Waals surface area contributed by atoms with Gasteiger partial charge in [-0.05, 0) is 61.9 Å². The number of ether oxygens (including phenoxy) is 6. The van der Waals surface area contributed by atoms with Crippen LogP contribution in [0, 0.1) is 10.1 Å². The van der Waals surface area contributed by atoms with E-state index in [0.29, 0.717) is 44.5 Å². The number of nitrogens with zero attached hydrogens (tertiary/aromatic N) is 1. The first-order chi connectivity index (χ1) is 25.7. The molecule has 0 saturated carbocycles. The van der Waals surface area contributed by atoms with Crippen LogP contribution in [-0.4, -0.2) is 48.9 Å². The Labute approximate surface area is 311 Å². The molecule has 53 heavy (non-hydrogen) atoms. The summed E-state index contributed by atoms with van der Waals surface area (Å²) in [6.07, 6.45) is 6.78. The largest absolute Gasteiger partial charge is 0.490 e. The number of hydrogen-bond acceptors (Lipinski definition) is 11. The first-order valence-corrected chi connectivity index (χ1v) is 18.8. The predicted octanol–water partition coefficient (Wildman–Crippen LogP) is 9.37. The van der Waals surface area contributed by atoms with Crippen LogP contribution in [0.15, 0.2) is 36.4 Å². The molecule has 0 unspecified atom stereocenters. The maximum Gasteiger partial charge on any atom is 0.311 e. The summed E-state index contributed by atoms with van der Waals surface area (Å²) >= 11 is 0. The van der Waals surface area contributed by atoms with Gasteiger partial charge in [-0.1, -0.05) is 60.3 Å². The van der Waals surface area contributed by atoms with Crippen LogP contribution in [0.4, 0.5) is 5.69 Å². The number of fused-ring (bicyclic) bond motifs is 2.